The third-order valence-corrected chi connectivity index (χ3v) is 3.42. The van der Waals surface area contributed by atoms with Crippen molar-refractivity contribution in [3.05, 3.63) is 77.9 Å². The van der Waals surface area contributed by atoms with E-state index < -0.39 is 0 Å². The van der Waals surface area contributed by atoms with E-state index in [9.17, 15) is 5.11 Å². The van der Waals surface area contributed by atoms with Crippen LogP contribution in [0.25, 0.3) is 10.8 Å². The van der Waals surface area contributed by atoms with Gasteiger partial charge >= 0.3 is 0 Å². The molecule has 3 rings (SSSR count). The lowest BCUT2D eigenvalue weighted by molar-refractivity contribution is 0.466. The van der Waals surface area contributed by atoms with Crippen LogP contribution in [-0.4, -0.2) is 5.11 Å². The highest BCUT2D eigenvalue weighted by Gasteiger charge is 2.16. The number of aromatic hydroxyl groups is 1. The zero-order chi connectivity index (χ0) is 13.2. The Morgan fingerprint density at radius 2 is 1.45 bits per heavy atom. The van der Waals surface area contributed by atoms with E-state index in [2.05, 4.69) is 0 Å². The summed E-state index contributed by atoms with van der Waals surface area (Å²) in [4.78, 5) is 0. The first-order valence-corrected chi connectivity index (χ1v) is 6.28. The fourth-order valence-corrected chi connectivity index (χ4v) is 2.44. The van der Waals surface area contributed by atoms with Crippen LogP contribution in [0.3, 0.4) is 0 Å². The molecule has 2 nitrogen and oxygen atoms in total. The monoisotopic (exact) mass is 285 g/mol. The van der Waals surface area contributed by atoms with Crippen LogP contribution in [0.2, 0.25) is 0 Å². The molecule has 0 spiro atoms. The fourth-order valence-electron chi connectivity index (χ4n) is 2.44. The first-order valence-electron chi connectivity index (χ1n) is 6.28. The zero-order valence-corrected chi connectivity index (χ0v) is 11.7. The molecule has 3 N–H and O–H groups in total. The SMILES string of the molecule is Cl.N[C@H](c1ccccc1)c1c(O)ccc2ccccc12. The molecule has 0 aliphatic carbocycles. The molecular formula is C17H16ClNO. The molecule has 0 radical (unpaired) electrons. The maximum atomic E-state index is 10.2. The molecule has 0 fully saturated rings. The molecule has 0 unspecified atom stereocenters. The van der Waals surface area contributed by atoms with Gasteiger partial charge in [0.1, 0.15) is 5.75 Å². The van der Waals surface area contributed by atoms with Crippen molar-refractivity contribution in [2.45, 2.75) is 6.04 Å². The van der Waals surface area contributed by atoms with Crippen molar-refractivity contribution in [1.29, 1.82) is 0 Å². The maximum absolute atomic E-state index is 10.2. The van der Waals surface area contributed by atoms with Crippen LogP contribution < -0.4 is 5.73 Å². The van der Waals surface area contributed by atoms with E-state index in [4.69, 9.17) is 5.73 Å². The van der Waals surface area contributed by atoms with Crippen molar-refractivity contribution in [3.63, 3.8) is 0 Å². The highest BCUT2D eigenvalue weighted by molar-refractivity contribution is 5.88. The number of fused-ring (bicyclic) bond motifs is 1. The Kier molecular flexibility index (Phi) is 4.28. The summed E-state index contributed by atoms with van der Waals surface area (Å²) in [7, 11) is 0. The van der Waals surface area contributed by atoms with E-state index in [0.717, 1.165) is 21.9 Å². The molecular weight excluding hydrogens is 270 g/mol. The van der Waals surface area contributed by atoms with Crippen LogP contribution in [0, 0.1) is 0 Å². The number of benzene rings is 3. The number of halogens is 1. The summed E-state index contributed by atoms with van der Waals surface area (Å²) in [5.74, 6) is 0.245. The lowest BCUT2D eigenvalue weighted by Crippen LogP contribution is -2.12. The van der Waals surface area contributed by atoms with Crippen LogP contribution in [0.1, 0.15) is 17.2 Å². The van der Waals surface area contributed by atoms with Gasteiger partial charge in [-0.3, -0.25) is 0 Å². The van der Waals surface area contributed by atoms with E-state index in [1.54, 1.807) is 6.07 Å². The first kappa shape index (κ1) is 14.4. The van der Waals surface area contributed by atoms with Crippen molar-refractivity contribution >= 4 is 23.2 Å². The van der Waals surface area contributed by atoms with E-state index in [1.807, 2.05) is 60.7 Å². The molecule has 1 atom stereocenters. The van der Waals surface area contributed by atoms with Gasteiger partial charge in [0.25, 0.3) is 0 Å². The Labute approximate surface area is 124 Å². The molecule has 0 saturated heterocycles. The Hall–Kier alpha value is -2.03. The highest BCUT2D eigenvalue weighted by atomic mass is 35.5. The van der Waals surface area contributed by atoms with Crippen LogP contribution in [0.4, 0.5) is 0 Å². The fraction of sp³-hybridized carbons (Fsp3) is 0.0588. The van der Waals surface area contributed by atoms with Gasteiger partial charge in [0.2, 0.25) is 0 Å². The van der Waals surface area contributed by atoms with Crippen molar-refractivity contribution < 1.29 is 5.11 Å². The van der Waals surface area contributed by atoms with Gasteiger partial charge < -0.3 is 10.8 Å². The predicted octanol–water partition coefficient (Wildman–Crippen LogP) is 4.02. The average Bonchev–Trinajstić information content (AvgIpc) is 2.47. The summed E-state index contributed by atoms with van der Waals surface area (Å²) in [6.45, 7) is 0. The lowest BCUT2D eigenvalue weighted by atomic mass is 9.93. The third kappa shape index (κ3) is 2.48. The molecule has 102 valence electrons. The van der Waals surface area contributed by atoms with E-state index >= 15 is 0 Å². The molecule has 0 aromatic heterocycles. The molecule has 3 aromatic rings. The molecule has 20 heavy (non-hydrogen) atoms. The summed E-state index contributed by atoms with van der Waals surface area (Å²) in [6, 6.07) is 21.1. The van der Waals surface area contributed by atoms with E-state index in [1.165, 1.54) is 0 Å². The minimum atomic E-state index is -0.327. The number of nitrogens with two attached hydrogens (primary N) is 1. The summed E-state index contributed by atoms with van der Waals surface area (Å²) >= 11 is 0. The molecule has 0 amide bonds. The Morgan fingerprint density at radius 3 is 2.20 bits per heavy atom. The smallest absolute Gasteiger partial charge is 0.121 e. The van der Waals surface area contributed by atoms with Gasteiger partial charge in [0.15, 0.2) is 0 Å². The second-order valence-electron chi connectivity index (χ2n) is 4.61. The van der Waals surface area contributed by atoms with Crippen molar-refractivity contribution in [2.24, 2.45) is 5.73 Å². The topological polar surface area (TPSA) is 46.2 Å². The second-order valence-corrected chi connectivity index (χ2v) is 4.61. The normalized spacial score (nSPS) is 11.8. The van der Waals surface area contributed by atoms with Crippen LogP contribution in [0.5, 0.6) is 5.75 Å². The van der Waals surface area contributed by atoms with Gasteiger partial charge in [0, 0.05) is 5.56 Å². The molecule has 0 bridgehead atoms. The zero-order valence-electron chi connectivity index (χ0n) is 10.9. The van der Waals surface area contributed by atoms with Gasteiger partial charge in [-0.2, -0.15) is 0 Å². The van der Waals surface area contributed by atoms with Gasteiger partial charge in [-0.25, -0.2) is 0 Å². The Morgan fingerprint density at radius 1 is 0.800 bits per heavy atom. The summed E-state index contributed by atoms with van der Waals surface area (Å²) in [5, 5.41) is 12.2. The van der Waals surface area contributed by atoms with Crippen molar-refractivity contribution in [1.82, 2.24) is 0 Å². The second kappa shape index (κ2) is 5.95. The van der Waals surface area contributed by atoms with Gasteiger partial charge in [-0.1, -0.05) is 60.7 Å². The summed E-state index contributed by atoms with van der Waals surface area (Å²) in [5.41, 5.74) is 8.10. The Bertz CT molecular complexity index is 713. The van der Waals surface area contributed by atoms with Gasteiger partial charge in [0.05, 0.1) is 6.04 Å². The minimum Gasteiger partial charge on any atom is -0.508 e. The quantitative estimate of drug-likeness (QED) is 0.747. The number of hydrogen-bond acceptors (Lipinski definition) is 2. The molecule has 0 aliphatic heterocycles. The van der Waals surface area contributed by atoms with Gasteiger partial charge in [-0.15, -0.1) is 12.4 Å². The average molecular weight is 286 g/mol. The van der Waals surface area contributed by atoms with E-state index in [-0.39, 0.29) is 24.2 Å². The summed E-state index contributed by atoms with van der Waals surface area (Å²) < 4.78 is 0. The molecule has 3 aromatic carbocycles. The highest BCUT2D eigenvalue weighted by Crippen LogP contribution is 2.34. The van der Waals surface area contributed by atoms with Crippen molar-refractivity contribution in [3.8, 4) is 5.75 Å². The largest absolute Gasteiger partial charge is 0.508 e. The maximum Gasteiger partial charge on any atom is 0.121 e. The molecule has 0 aliphatic rings. The first-order chi connectivity index (χ1) is 9.27. The van der Waals surface area contributed by atoms with Crippen LogP contribution >= 0.6 is 12.4 Å². The number of phenols is 1. The molecule has 0 heterocycles. The Balaban J connectivity index is 0.00000147. The summed E-state index contributed by atoms with van der Waals surface area (Å²) in [6.07, 6.45) is 0. The minimum absolute atomic E-state index is 0. The molecule has 0 saturated carbocycles. The van der Waals surface area contributed by atoms with Crippen molar-refractivity contribution in [2.75, 3.05) is 0 Å². The van der Waals surface area contributed by atoms with Gasteiger partial charge in [-0.05, 0) is 22.4 Å². The number of rotatable bonds is 2. The predicted molar refractivity (Wildman–Crippen MR) is 85.3 cm³/mol. The lowest BCUT2D eigenvalue weighted by Gasteiger charge is -2.16. The standard InChI is InChI=1S/C17H15NO.ClH/c18-17(13-7-2-1-3-8-13)16-14-9-5-4-6-12(14)10-11-15(16)19;/h1-11,17,19H,18H2;1H/t17-;/m1./s1. The van der Waals surface area contributed by atoms with Crippen LogP contribution in [0.15, 0.2) is 66.7 Å². The van der Waals surface area contributed by atoms with E-state index in [0.29, 0.717) is 0 Å². The third-order valence-electron chi connectivity index (χ3n) is 3.42. The molecule has 3 heteroatoms. The number of hydrogen-bond donors (Lipinski definition) is 2. The number of phenolic OH excluding ortho intramolecular Hbond substituents is 1. The van der Waals surface area contributed by atoms with Crippen LogP contribution in [-0.2, 0) is 0 Å².